The molecule has 1 unspecified atom stereocenters. The first kappa shape index (κ1) is 13.3. The molecule has 1 saturated carbocycles. The van der Waals surface area contributed by atoms with Crippen LogP contribution in [0.3, 0.4) is 0 Å². The molecule has 1 aliphatic carbocycles. The third-order valence-electron chi connectivity index (χ3n) is 2.77. The van der Waals surface area contributed by atoms with E-state index in [-0.39, 0.29) is 0 Å². The highest BCUT2D eigenvalue weighted by molar-refractivity contribution is 5.73. The fourth-order valence-electron chi connectivity index (χ4n) is 1.56. The minimum Gasteiger partial charge on any atom is -0.462 e. The number of hydrogen-bond donors (Lipinski definition) is 1. The average Bonchev–Trinajstić information content (AvgIpc) is 2.19. The summed E-state index contributed by atoms with van der Waals surface area (Å²) in [5.74, 6) is -3.31. The molecule has 6 heteroatoms. The molecule has 1 atom stereocenters. The fourth-order valence-corrected chi connectivity index (χ4v) is 1.56. The second-order valence-corrected chi connectivity index (χ2v) is 4.13. The van der Waals surface area contributed by atoms with E-state index >= 15 is 0 Å². The summed E-state index contributed by atoms with van der Waals surface area (Å²) in [6, 6.07) is 0. The standard InChI is InChI=1S/C10H15F3O3/c1-6(10(11,12)13)9(15)16-8-4-2-7(14)3-5-8/h6-8,14H,2-5H2,1H3. The second kappa shape index (κ2) is 5.03. The van der Waals surface area contributed by atoms with Crippen molar-refractivity contribution in [2.24, 2.45) is 5.92 Å². The van der Waals surface area contributed by atoms with Crippen LogP contribution in [-0.2, 0) is 9.53 Å². The fraction of sp³-hybridized carbons (Fsp3) is 0.900. The molecule has 16 heavy (non-hydrogen) atoms. The molecule has 0 aromatic heterocycles. The Labute approximate surface area is 91.6 Å². The van der Waals surface area contributed by atoms with Crippen molar-refractivity contribution in [3.63, 3.8) is 0 Å². The number of alkyl halides is 3. The summed E-state index contributed by atoms with van der Waals surface area (Å²) in [5.41, 5.74) is 0. The summed E-state index contributed by atoms with van der Waals surface area (Å²) in [6.45, 7) is 0.792. The molecule has 0 aromatic carbocycles. The lowest BCUT2D eigenvalue weighted by Crippen LogP contribution is -2.34. The van der Waals surface area contributed by atoms with Gasteiger partial charge in [0.1, 0.15) is 12.0 Å². The van der Waals surface area contributed by atoms with E-state index in [2.05, 4.69) is 0 Å². The van der Waals surface area contributed by atoms with Crippen LogP contribution in [0.4, 0.5) is 13.2 Å². The van der Waals surface area contributed by atoms with Crippen molar-refractivity contribution < 1.29 is 27.8 Å². The monoisotopic (exact) mass is 240 g/mol. The van der Waals surface area contributed by atoms with E-state index < -0.39 is 30.3 Å². The molecule has 0 amide bonds. The molecular weight excluding hydrogens is 225 g/mol. The van der Waals surface area contributed by atoms with Crippen LogP contribution < -0.4 is 0 Å². The molecule has 0 bridgehead atoms. The van der Waals surface area contributed by atoms with Crippen molar-refractivity contribution >= 4 is 5.97 Å². The molecule has 0 heterocycles. The maximum atomic E-state index is 12.2. The van der Waals surface area contributed by atoms with Gasteiger partial charge in [0.2, 0.25) is 0 Å². The molecule has 1 aliphatic rings. The number of aliphatic hydroxyl groups excluding tert-OH is 1. The van der Waals surface area contributed by atoms with E-state index in [1.54, 1.807) is 0 Å². The first-order valence-corrected chi connectivity index (χ1v) is 5.26. The molecule has 0 spiro atoms. The van der Waals surface area contributed by atoms with E-state index in [0.717, 1.165) is 6.92 Å². The van der Waals surface area contributed by atoms with Crippen LogP contribution in [-0.4, -0.2) is 29.5 Å². The van der Waals surface area contributed by atoms with Crippen LogP contribution in [0.5, 0.6) is 0 Å². The molecule has 3 nitrogen and oxygen atoms in total. The Morgan fingerprint density at radius 3 is 2.25 bits per heavy atom. The van der Waals surface area contributed by atoms with Gasteiger partial charge in [-0.3, -0.25) is 4.79 Å². The number of esters is 1. The van der Waals surface area contributed by atoms with E-state index in [1.165, 1.54) is 0 Å². The number of carbonyl (C=O) groups is 1. The van der Waals surface area contributed by atoms with Gasteiger partial charge in [-0.2, -0.15) is 13.2 Å². The third kappa shape index (κ3) is 3.66. The second-order valence-electron chi connectivity index (χ2n) is 4.13. The van der Waals surface area contributed by atoms with Gasteiger partial charge in [-0.25, -0.2) is 0 Å². The average molecular weight is 240 g/mol. The number of hydrogen-bond acceptors (Lipinski definition) is 3. The number of ether oxygens (including phenoxy) is 1. The molecule has 1 fully saturated rings. The first-order valence-electron chi connectivity index (χ1n) is 5.26. The van der Waals surface area contributed by atoms with Gasteiger partial charge < -0.3 is 9.84 Å². The van der Waals surface area contributed by atoms with Crippen LogP contribution in [0.25, 0.3) is 0 Å². The predicted octanol–water partition coefficient (Wildman–Crippen LogP) is 2.03. The number of carbonyl (C=O) groups excluding carboxylic acids is 1. The molecule has 0 saturated heterocycles. The van der Waals surface area contributed by atoms with E-state index in [0.29, 0.717) is 25.7 Å². The van der Waals surface area contributed by atoms with Gasteiger partial charge in [0.25, 0.3) is 0 Å². The highest BCUT2D eigenvalue weighted by Crippen LogP contribution is 2.28. The maximum absolute atomic E-state index is 12.2. The topological polar surface area (TPSA) is 46.5 Å². The largest absolute Gasteiger partial charge is 0.462 e. The Morgan fingerprint density at radius 1 is 1.31 bits per heavy atom. The van der Waals surface area contributed by atoms with Crippen LogP contribution >= 0.6 is 0 Å². The maximum Gasteiger partial charge on any atom is 0.401 e. The Morgan fingerprint density at radius 2 is 1.81 bits per heavy atom. The summed E-state index contributed by atoms with van der Waals surface area (Å²) in [5, 5.41) is 9.18. The predicted molar refractivity (Wildman–Crippen MR) is 49.6 cm³/mol. The summed E-state index contributed by atoms with van der Waals surface area (Å²) < 4.78 is 41.3. The summed E-state index contributed by atoms with van der Waals surface area (Å²) in [7, 11) is 0. The van der Waals surface area contributed by atoms with Gasteiger partial charge >= 0.3 is 12.1 Å². The zero-order chi connectivity index (χ0) is 12.3. The lowest BCUT2D eigenvalue weighted by molar-refractivity contribution is -0.198. The van der Waals surface area contributed by atoms with Crippen LogP contribution in [0.1, 0.15) is 32.6 Å². The molecule has 1 rings (SSSR count). The zero-order valence-corrected chi connectivity index (χ0v) is 8.96. The van der Waals surface area contributed by atoms with Crippen molar-refractivity contribution in [1.29, 1.82) is 0 Å². The molecule has 0 aliphatic heterocycles. The van der Waals surface area contributed by atoms with Crippen molar-refractivity contribution in [3.05, 3.63) is 0 Å². The Balaban J connectivity index is 2.40. The smallest absolute Gasteiger partial charge is 0.401 e. The van der Waals surface area contributed by atoms with Crippen molar-refractivity contribution in [2.75, 3.05) is 0 Å². The van der Waals surface area contributed by atoms with Gasteiger partial charge in [0, 0.05) is 0 Å². The molecule has 1 N–H and O–H groups in total. The first-order chi connectivity index (χ1) is 7.30. The molecular formula is C10H15F3O3. The van der Waals surface area contributed by atoms with Gasteiger partial charge in [-0.05, 0) is 32.6 Å². The van der Waals surface area contributed by atoms with Gasteiger partial charge in [0.05, 0.1) is 6.10 Å². The van der Waals surface area contributed by atoms with Crippen molar-refractivity contribution in [3.8, 4) is 0 Å². The zero-order valence-electron chi connectivity index (χ0n) is 8.96. The van der Waals surface area contributed by atoms with Crippen LogP contribution in [0, 0.1) is 5.92 Å². The summed E-state index contributed by atoms with van der Waals surface area (Å²) in [6.07, 6.45) is -3.66. The quantitative estimate of drug-likeness (QED) is 0.751. The van der Waals surface area contributed by atoms with Gasteiger partial charge in [0.15, 0.2) is 0 Å². The normalized spacial score (nSPS) is 28.6. The van der Waals surface area contributed by atoms with Crippen LogP contribution in [0.2, 0.25) is 0 Å². The number of halogens is 3. The number of aliphatic hydroxyl groups is 1. The SMILES string of the molecule is CC(C(=O)OC1CCC(O)CC1)C(F)(F)F. The summed E-state index contributed by atoms with van der Waals surface area (Å²) >= 11 is 0. The van der Waals surface area contributed by atoms with E-state index in [1.807, 2.05) is 0 Å². The highest BCUT2D eigenvalue weighted by Gasteiger charge is 2.43. The lowest BCUT2D eigenvalue weighted by atomic mass is 9.95. The Kier molecular flexibility index (Phi) is 4.18. The van der Waals surface area contributed by atoms with E-state index in [9.17, 15) is 23.1 Å². The van der Waals surface area contributed by atoms with Crippen molar-refractivity contribution in [2.45, 2.75) is 51.0 Å². The minimum atomic E-state index is -4.55. The minimum absolute atomic E-state index is 0.421. The lowest BCUT2D eigenvalue weighted by Gasteiger charge is -2.26. The van der Waals surface area contributed by atoms with Gasteiger partial charge in [-0.15, -0.1) is 0 Å². The third-order valence-corrected chi connectivity index (χ3v) is 2.77. The van der Waals surface area contributed by atoms with Crippen LogP contribution in [0.15, 0.2) is 0 Å². The number of rotatable bonds is 2. The van der Waals surface area contributed by atoms with Gasteiger partial charge in [-0.1, -0.05) is 0 Å². The summed E-state index contributed by atoms with van der Waals surface area (Å²) in [4.78, 5) is 11.1. The Hall–Kier alpha value is -0.780. The highest BCUT2D eigenvalue weighted by atomic mass is 19.4. The molecule has 94 valence electrons. The molecule has 0 aromatic rings. The molecule has 0 radical (unpaired) electrons. The van der Waals surface area contributed by atoms with Crippen molar-refractivity contribution in [1.82, 2.24) is 0 Å². The Bertz CT molecular complexity index is 244. The van der Waals surface area contributed by atoms with E-state index in [4.69, 9.17) is 4.74 Å².